The molecule has 0 saturated carbocycles. The van der Waals surface area contributed by atoms with E-state index in [0.717, 1.165) is 6.54 Å². The van der Waals surface area contributed by atoms with Crippen LogP contribution in [0.5, 0.6) is 0 Å². The van der Waals surface area contributed by atoms with E-state index in [0.29, 0.717) is 6.04 Å². The molecule has 102 valence electrons. The van der Waals surface area contributed by atoms with Gasteiger partial charge in [0, 0.05) is 17.5 Å². The normalized spacial score (nSPS) is 12.6. The summed E-state index contributed by atoms with van der Waals surface area (Å²) in [6.07, 6.45) is 2.41. The molecule has 1 N–H and O–H groups in total. The van der Waals surface area contributed by atoms with Crippen LogP contribution in [0.2, 0.25) is 0 Å². The zero-order valence-corrected chi connectivity index (χ0v) is 12.9. The highest BCUT2D eigenvalue weighted by Gasteiger charge is 2.10. The lowest BCUT2D eigenvalue weighted by Gasteiger charge is -2.17. The standard InChI is InChI=1S/C17H23NS/c1-4-6-16(17-7-5-8-19-17)18-12-15-10-13(2)9-14(3)11-15/h5,7-11,16,18H,4,6,12H2,1-3H3. The molecule has 1 unspecified atom stereocenters. The van der Waals surface area contributed by atoms with Crippen molar-refractivity contribution in [2.75, 3.05) is 0 Å². The van der Waals surface area contributed by atoms with Crippen LogP contribution in [0.4, 0.5) is 0 Å². The molecular formula is C17H23NS. The second-order valence-corrected chi connectivity index (χ2v) is 6.21. The lowest BCUT2D eigenvalue weighted by atomic mass is 10.1. The topological polar surface area (TPSA) is 12.0 Å². The summed E-state index contributed by atoms with van der Waals surface area (Å²) in [6.45, 7) is 7.53. The molecule has 2 heteroatoms. The highest BCUT2D eigenvalue weighted by atomic mass is 32.1. The highest BCUT2D eigenvalue weighted by molar-refractivity contribution is 7.10. The van der Waals surface area contributed by atoms with Crippen LogP contribution >= 0.6 is 11.3 Å². The fourth-order valence-corrected chi connectivity index (χ4v) is 3.37. The van der Waals surface area contributed by atoms with E-state index in [4.69, 9.17) is 0 Å². The molecule has 19 heavy (non-hydrogen) atoms. The first-order valence-corrected chi connectivity index (χ1v) is 7.91. The molecule has 0 radical (unpaired) electrons. The maximum atomic E-state index is 3.70. The summed E-state index contributed by atoms with van der Waals surface area (Å²) in [5.74, 6) is 0. The third kappa shape index (κ3) is 4.19. The molecule has 0 saturated heterocycles. The van der Waals surface area contributed by atoms with Crippen LogP contribution in [0, 0.1) is 13.8 Å². The second kappa shape index (κ2) is 6.88. The van der Waals surface area contributed by atoms with Gasteiger partial charge in [0.1, 0.15) is 0 Å². The molecule has 0 spiro atoms. The minimum atomic E-state index is 0.491. The fourth-order valence-electron chi connectivity index (χ4n) is 2.54. The largest absolute Gasteiger partial charge is 0.305 e. The fraction of sp³-hybridized carbons (Fsp3) is 0.412. The summed E-state index contributed by atoms with van der Waals surface area (Å²) in [5.41, 5.74) is 4.08. The third-order valence-corrected chi connectivity index (χ3v) is 4.28. The quantitative estimate of drug-likeness (QED) is 0.781. The van der Waals surface area contributed by atoms with E-state index in [1.165, 1.54) is 34.4 Å². The van der Waals surface area contributed by atoms with Gasteiger partial charge in [-0.25, -0.2) is 0 Å². The molecule has 1 heterocycles. The van der Waals surface area contributed by atoms with Gasteiger partial charge in [-0.05, 0) is 37.3 Å². The molecule has 0 bridgehead atoms. The van der Waals surface area contributed by atoms with Crippen molar-refractivity contribution in [3.8, 4) is 0 Å². The molecule has 0 aliphatic carbocycles. The Kier molecular flexibility index (Phi) is 5.17. The zero-order valence-electron chi connectivity index (χ0n) is 12.1. The van der Waals surface area contributed by atoms with Crippen LogP contribution in [0.25, 0.3) is 0 Å². The van der Waals surface area contributed by atoms with E-state index in [1.54, 1.807) is 0 Å². The first kappa shape index (κ1) is 14.3. The van der Waals surface area contributed by atoms with Crippen molar-refractivity contribution in [3.63, 3.8) is 0 Å². The van der Waals surface area contributed by atoms with Crippen LogP contribution < -0.4 is 5.32 Å². The lowest BCUT2D eigenvalue weighted by molar-refractivity contribution is 0.500. The van der Waals surface area contributed by atoms with E-state index in [9.17, 15) is 0 Å². The van der Waals surface area contributed by atoms with Crippen LogP contribution in [0.3, 0.4) is 0 Å². The molecular weight excluding hydrogens is 250 g/mol. The van der Waals surface area contributed by atoms with Gasteiger partial charge >= 0.3 is 0 Å². The molecule has 0 amide bonds. The monoisotopic (exact) mass is 273 g/mol. The lowest BCUT2D eigenvalue weighted by Crippen LogP contribution is -2.20. The third-order valence-electron chi connectivity index (χ3n) is 3.30. The van der Waals surface area contributed by atoms with Crippen molar-refractivity contribution in [1.82, 2.24) is 5.32 Å². The minimum Gasteiger partial charge on any atom is -0.305 e. The second-order valence-electron chi connectivity index (χ2n) is 5.23. The van der Waals surface area contributed by atoms with Gasteiger partial charge in [0.25, 0.3) is 0 Å². The first-order chi connectivity index (χ1) is 9.19. The van der Waals surface area contributed by atoms with Crippen LogP contribution in [0.1, 0.15) is 47.4 Å². The van der Waals surface area contributed by atoms with Gasteiger partial charge in [-0.1, -0.05) is 48.7 Å². The van der Waals surface area contributed by atoms with Crippen molar-refractivity contribution in [2.45, 2.75) is 46.2 Å². The Hall–Kier alpha value is -1.12. The Labute approximate surface area is 120 Å². The predicted molar refractivity (Wildman–Crippen MR) is 84.7 cm³/mol. The van der Waals surface area contributed by atoms with Crippen molar-refractivity contribution in [1.29, 1.82) is 0 Å². The molecule has 2 rings (SSSR count). The number of benzene rings is 1. The summed E-state index contributed by atoms with van der Waals surface area (Å²) < 4.78 is 0. The van der Waals surface area contributed by atoms with E-state index in [-0.39, 0.29) is 0 Å². The molecule has 2 aromatic rings. The average molecular weight is 273 g/mol. The molecule has 1 atom stereocenters. The van der Waals surface area contributed by atoms with Gasteiger partial charge in [-0.3, -0.25) is 0 Å². The Balaban J connectivity index is 2.02. The van der Waals surface area contributed by atoms with Crippen molar-refractivity contribution in [2.24, 2.45) is 0 Å². The average Bonchev–Trinajstić information content (AvgIpc) is 2.87. The molecule has 1 aromatic carbocycles. The summed E-state index contributed by atoms with van der Waals surface area (Å²) in [6, 6.07) is 11.6. The van der Waals surface area contributed by atoms with E-state index >= 15 is 0 Å². The minimum absolute atomic E-state index is 0.491. The van der Waals surface area contributed by atoms with Crippen LogP contribution in [-0.4, -0.2) is 0 Å². The number of rotatable bonds is 6. The van der Waals surface area contributed by atoms with Crippen molar-refractivity contribution in [3.05, 3.63) is 57.3 Å². The van der Waals surface area contributed by atoms with Crippen molar-refractivity contribution < 1.29 is 0 Å². The Morgan fingerprint density at radius 2 is 1.89 bits per heavy atom. The maximum absolute atomic E-state index is 3.70. The highest BCUT2D eigenvalue weighted by Crippen LogP contribution is 2.23. The maximum Gasteiger partial charge on any atom is 0.0417 e. The van der Waals surface area contributed by atoms with Gasteiger partial charge in [0.15, 0.2) is 0 Å². The number of nitrogens with one attached hydrogen (secondary N) is 1. The Morgan fingerprint density at radius 3 is 2.47 bits per heavy atom. The van der Waals surface area contributed by atoms with Gasteiger partial charge < -0.3 is 5.32 Å². The Bertz CT molecular complexity index is 482. The molecule has 1 aromatic heterocycles. The summed E-state index contributed by atoms with van der Waals surface area (Å²) in [4.78, 5) is 1.45. The van der Waals surface area contributed by atoms with Crippen LogP contribution in [-0.2, 0) is 6.54 Å². The number of hydrogen-bond donors (Lipinski definition) is 1. The molecule has 0 fully saturated rings. The van der Waals surface area contributed by atoms with E-state index < -0.39 is 0 Å². The van der Waals surface area contributed by atoms with Crippen molar-refractivity contribution >= 4 is 11.3 Å². The van der Waals surface area contributed by atoms with Gasteiger partial charge in [-0.15, -0.1) is 11.3 Å². The molecule has 0 aliphatic heterocycles. The molecule has 1 nitrogen and oxygen atoms in total. The summed E-state index contributed by atoms with van der Waals surface area (Å²) in [5, 5.41) is 5.87. The summed E-state index contributed by atoms with van der Waals surface area (Å²) >= 11 is 1.85. The smallest absolute Gasteiger partial charge is 0.0417 e. The SMILES string of the molecule is CCCC(NCc1cc(C)cc(C)c1)c1cccs1. The zero-order chi connectivity index (χ0) is 13.7. The number of thiophene rings is 1. The first-order valence-electron chi connectivity index (χ1n) is 7.03. The summed E-state index contributed by atoms with van der Waals surface area (Å²) in [7, 11) is 0. The van der Waals surface area contributed by atoms with Gasteiger partial charge in [0.05, 0.1) is 0 Å². The van der Waals surface area contributed by atoms with Crippen LogP contribution in [0.15, 0.2) is 35.7 Å². The Morgan fingerprint density at radius 1 is 1.16 bits per heavy atom. The van der Waals surface area contributed by atoms with E-state index in [1.807, 2.05) is 11.3 Å². The number of aryl methyl sites for hydroxylation is 2. The van der Waals surface area contributed by atoms with E-state index in [2.05, 4.69) is 61.8 Å². The van der Waals surface area contributed by atoms with Gasteiger partial charge in [-0.2, -0.15) is 0 Å². The molecule has 0 aliphatic rings. The predicted octanol–water partition coefficient (Wildman–Crippen LogP) is 5.00. The van der Waals surface area contributed by atoms with Gasteiger partial charge in [0.2, 0.25) is 0 Å². The number of hydrogen-bond acceptors (Lipinski definition) is 2.